The lowest BCUT2D eigenvalue weighted by Crippen LogP contribution is -2.25. The fourth-order valence-electron chi connectivity index (χ4n) is 0.975. The number of ether oxygens (including phenoxy) is 2. The van der Waals surface area contributed by atoms with Crippen LogP contribution in [0.2, 0.25) is 0 Å². The lowest BCUT2D eigenvalue weighted by atomic mass is 10.3. The van der Waals surface area contributed by atoms with Crippen molar-refractivity contribution in [1.82, 2.24) is 0 Å². The summed E-state index contributed by atoms with van der Waals surface area (Å²) in [6.07, 6.45) is -0.725. The standard InChI is InChI=1S/C10H10BrFO3/c1-6(10(13)14-2)15-9-4-3-7(12)5-8(9)11/h3-6H,1-2H3/t6-/m0/s1. The summed E-state index contributed by atoms with van der Waals surface area (Å²) in [4.78, 5) is 11.1. The van der Waals surface area contributed by atoms with E-state index in [1.54, 1.807) is 6.92 Å². The van der Waals surface area contributed by atoms with Crippen LogP contribution in [0.1, 0.15) is 6.92 Å². The van der Waals surface area contributed by atoms with Gasteiger partial charge in [-0.05, 0) is 41.1 Å². The number of carbonyl (C=O) groups is 1. The Bertz CT molecular complexity index is 368. The van der Waals surface area contributed by atoms with E-state index in [0.29, 0.717) is 10.2 Å². The van der Waals surface area contributed by atoms with Crippen molar-refractivity contribution in [1.29, 1.82) is 0 Å². The summed E-state index contributed by atoms with van der Waals surface area (Å²) < 4.78 is 22.9. The maximum absolute atomic E-state index is 12.7. The predicted octanol–water partition coefficient (Wildman–Crippen LogP) is 2.53. The molecule has 1 aromatic carbocycles. The molecule has 0 heterocycles. The first kappa shape index (κ1) is 12.0. The van der Waals surface area contributed by atoms with Gasteiger partial charge in [-0.3, -0.25) is 0 Å². The third kappa shape index (κ3) is 3.20. The zero-order chi connectivity index (χ0) is 11.4. The van der Waals surface area contributed by atoms with Crippen molar-refractivity contribution < 1.29 is 18.7 Å². The van der Waals surface area contributed by atoms with Gasteiger partial charge in [0.05, 0.1) is 11.6 Å². The molecule has 0 aliphatic rings. The first-order valence-corrected chi connectivity index (χ1v) is 5.03. The molecule has 82 valence electrons. The van der Waals surface area contributed by atoms with Crippen LogP contribution in [-0.4, -0.2) is 19.2 Å². The Balaban J connectivity index is 2.76. The highest BCUT2D eigenvalue weighted by Gasteiger charge is 2.16. The van der Waals surface area contributed by atoms with Crippen LogP contribution >= 0.6 is 15.9 Å². The minimum atomic E-state index is -0.725. The molecule has 3 nitrogen and oxygen atoms in total. The van der Waals surface area contributed by atoms with Gasteiger partial charge in [0.2, 0.25) is 0 Å². The molecule has 5 heteroatoms. The molecule has 1 aromatic rings. The molecule has 1 atom stereocenters. The molecule has 0 aliphatic carbocycles. The number of halogens is 2. The Morgan fingerprint density at radius 2 is 2.20 bits per heavy atom. The van der Waals surface area contributed by atoms with E-state index in [0.717, 1.165) is 0 Å². The highest BCUT2D eigenvalue weighted by Crippen LogP contribution is 2.26. The first-order chi connectivity index (χ1) is 7.04. The fourth-order valence-corrected chi connectivity index (χ4v) is 1.42. The monoisotopic (exact) mass is 276 g/mol. The van der Waals surface area contributed by atoms with E-state index < -0.39 is 12.1 Å². The smallest absolute Gasteiger partial charge is 0.346 e. The van der Waals surface area contributed by atoms with Crippen LogP contribution < -0.4 is 4.74 Å². The van der Waals surface area contributed by atoms with Crippen LogP contribution in [0.3, 0.4) is 0 Å². The van der Waals surface area contributed by atoms with Crippen LogP contribution in [-0.2, 0) is 9.53 Å². The van der Waals surface area contributed by atoms with Gasteiger partial charge in [-0.1, -0.05) is 0 Å². The third-order valence-electron chi connectivity index (χ3n) is 1.73. The highest BCUT2D eigenvalue weighted by atomic mass is 79.9. The first-order valence-electron chi connectivity index (χ1n) is 4.24. The van der Waals surface area contributed by atoms with Crippen molar-refractivity contribution in [2.45, 2.75) is 13.0 Å². The van der Waals surface area contributed by atoms with Gasteiger partial charge in [0, 0.05) is 0 Å². The molecule has 0 aliphatic heterocycles. The van der Waals surface area contributed by atoms with E-state index >= 15 is 0 Å². The Labute approximate surface area is 95.3 Å². The average Bonchev–Trinajstić information content (AvgIpc) is 2.20. The minimum Gasteiger partial charge on any atom is -0.478 e. The summed E-state index contributed by atoms with van der Waals surface area (Å²) in [5.41, 5.74) is 0. The van der Waals surface area contributed by atoms with Crippen LogP contribution in [0.25, 0.3) is 0 Å². The summed E-state index contributed by atoms with van der Waals surface area (Å²) in [6, 6.07) is 3.96. The number of benzene rings is 1. The van der Waals surface area contributed by atoms with Crippen molar-refractivity contribution >= 4 is 21.9 Å². The third-order valence-corrected chi connectivity index (χ3v) is 2.35. The van der Waals surface area contributed by atoms with Crippen molar-refractivity contribution in [3.63, 3.8) is 0 Å². The summed E-state index contributed by atoms with van der Waals surface area (Å²) in [5, 5.41) is 0. The van der Waals surface area contributed by atoms with Gasteiger partial charge in [-0.25, -0.2) is 9.18 Å². The molecule has 0 aromatic heterocycles. The summed E-state index contributed by atoms with van der Waals surface area (Å²) >= 11 is 3.13. The van der Waals surface area contributed by atoms with Crippen molar-refractivity contribution in [3.8, 4) is 5.75 Å². The van der Waals surface area contributed by atoms with Gasteiger partial charge in [0.1, 0.15) is 11.6 Å². The summed E-state index contributed by atoms with van der Waals surface area (Å²) in [5.74, 6) is -0.458. The van der Waals surface area contributed by atoms with E-state index in [1.807, 2.05) is 0 Å². The van der Waals surface area contributed by atoms with Crippen LogP contribution in [0.4, 0.5) is 4.39 Å². The van der Waals surface area contributed by atoms with E-state index in [9.17, 15) is 9.18 Å². The molecule has 0 N–H and O–H groups in total. The predicted molar refractivity (Wildman–Crippen MR) is 56.2 cm³/mol. The normalized spacial score (nSPS) is 12.0. The molecule has 0 fully saturated rings. The average molecular weight is 277 g/mol. The molecule has 0 spiro atoms. The van der Waals surface area contributed by atoms with Crippen molar-refractivity contribution in [2.24, 2.45) is 0 Å². The quantitative estimate of drug-likeness (QED) is 0.796. The van der Waals surface area contributed by atoms with E-state index in [2.05, 4.69) is 20.7 Å². The van der Waals surface area contributed by atoms with Gasteiger partial charge >= 0.3 is 5.97 Å². The van der Waals surface area contributed by atoms with Gasteiger partial charge < -0.3 is 9.47 Å². The Morgan fingerprint density at radius 3 is 2.73 bits per heavy atom. The second-order valence-corrected chi connectivity index (χ2v) is 3.71. The Kier molecular flexibility index (Phi) is 4.08. The van der Waals surface area contributed by atoms with Gasteiger partial charge in [0.15, 0.2) is 6.10 Å². The maximum Gasteiger partial charge on any atom is 0.346 e. The fraction of sp³-hybridized carbons (Fsp3) is 0.300. The summed E-state index contributed by atoms with van der Waals surface area (Å²) in [6.45, 7) is 1.56. The van der Waals surface area contributed by atoms with E-state index in [1.165, 1.54) is 25.3 Å². The lowest BCUT2D eigenvalue weighted by Gasteiger charge is -2.13. The molecular formula is C10H10BrFO3. The molecule has 0 unspecified atom stereocenters. The summed E-state index contributed by atoms with van der Waals surface area (Å²) in [7, 11) is 1.28. The SMILES string of the molecule is COC(=O)[C@H](C)Oc1ccc(F)cc1Br. The van der Waals surface area contributed by atoms with Crippen molar-refractivity contribution in [2.75, 3.05) is 7.11 Å². The van der Waals surface area contributed by atoms with Gasteiger partial charge in [-0.15, -0.1) is 0 Å². The second kappa shape index (κ2) is 5.11. The van der Waals surface area contributed by atoms with Crippen LogP contribution in [0, 0.1) is 5.82 Å². The zero-order valence-corrected chi connectivity index (χ0v) is 9.88. The molecule has 0 saturated carbocycles. The molecule has 0 amide bonds. The van der Waals surface area contributed by atoms with E-state index in [-0.39, 0.29) is 5.82 Å². The van der Waals surface area contributed by atoms with Crippen LogP contribution in [0.5, 0.6) is 5.75 Å². The second-order valence-electron chi connectivity index (χ2n) is 2.86. The number of hydrogen-bond acceptors (Lipinski definition) is 3. The topological polar surface area (TPSA) is 35.5 Å². The van der Waals surface area contributed by atoms with Gasteiger partial charge in [0.25, 0.3) is 0 Å². The minimum absolute atomic E-state index is 0.375. The molecule has 15 heavy (non-hydrogen) atoms. The Morgan fingerprint density at radius 1 is 1.53 bits per heavy atom. The number of carbonyl (C=O) groups excluding carboxylic acids is 1. The number of esters is 1. The Hall–Kier alpha value is -1.10. The highest BCUT2D eigenvalue weighted by molar-refractivity contribution is 9.10. The molecule has 0 bridgehead atoms. The van der Waals surface area contributed by atoms with E-state index in [4.69, 9.17) is 4.74 Å². The lowest BCUT2D eigenvalue weighted by molar-refractivity contribution is -0.147. The molecule has 0 saturated heterocycles. The zero-order valence-electron chi connectivity index (χ0n) is 8.29. The number of hydrogen-bond donors (Lipinski definition) is 0. The van der Waals surface area contributed by atoms with Gasteiger partial charge in [-0.2, -0.15) is 0 Å². The largest absolute Gasteiger partial charge is 0.478 e. The molecule has 1 rings (SSSR count). The molecular weight excluding hydrogens is 267 g/mol. The van der Waals surface area contributed by atoms with Crippen molar-refractivity contribution in [3.05, 3.63) is 28.5 Å². The number of methoxy groups -OCH3 is 1. The molecule has 0 radical (unpaired) electrons. The number of rotatable bonds is 3. The van der Waals surface area contributed by atoms with Crippen LogP contribution in [0.15, 0.2) is 22.7 Å². The maximum atomic E-state index is 12.7.